The fraction of sp³-hybridized carbons (Fsp3) is 0.357. The van der Waals surface area contributed by atoms with Gasteiger partial charge in [-0.25, -0.2) is 12.7 Å². The molecular weight excluding hydrogens is 274 g/mol. The Kier molecular flexibility index (Phi) is 3.96. The molecule has 0 aliphatic heterocycles. The number of aromatic amines is 1. The minimum atomic E-state index is -3.36. The van der Waals surface area contributed by atoms with Crippen molar-refractivity contribution >= 4 is 10.0 Å². The molecule has 0 saturated heterocycles. The standard InChI is InChI=1S/C14H19N3O2S/c1-10-14(11(2)16-15-10)9-12-5-7-13(8-6-12)20(18,19)17(3)4/h5-8H,9H2,1-4H3,(H,15,16). The number of hydrogen-bond acceptors (Lipinski definition) is 3. The summed E-state index contributed by atoms with van der Waals surface area (Å²) in [6.45, 7) is 3.95. The highest BCUT2D eigenvalue weighted by Gasteiger charge is 2.16. The first-order valence-electron chi connectivity index (χ1n) is 6.34. The van der Waals surface area contributed by atoms with E-state index in [-0.39, 0.29) is 0 Å². The van der Waals surface area contributed by atoms with Crippen LogP contribution in [-0.2, 0) is 16.4 Å². The lowest BCUT2D eigenvalue weighted by atomic mass is 10.0. The van der Waals surface area contributed by atoms with Crippen LogP contribution in [0.1, 0.15) is 22.5 Å². The third-order valence-electron chi connectivity index (χ3n) is 3.36. The molecule has 0 aliphatic rings. The van der Waals surface area contributed by atoms with Gasteiger partial charge in [-0.1, -0.05) is 12.1 Å². The molecule has 1 N–H and O–H groups in total. The van der Waals surface area contributed by atoms with Crippen molar-refractivity contribution < 1.29 is 8.42 Å². The monoisotopic (exact) mass is 293 g/mol. The normalized spacial score (nSPS) is 12.1. The summed E-state index contributed by atoms with van der Waals surface area (Å²) < 4.78 is 25.2. The molecule has 5 nitrogen and oxygen atoms in total. The first kappa shape index (κ1) is 14.7. The van der Waals surface area contributed by atoms with Gasteiger partial charge in [-0.05, 0) is 31.5 Å². The van der Waals surface area contributed by atoms with Crippen molar-refractivity contribution in [2.45, 2.75) is 25.2 Å². The second-order valence-electron chi connectivity index (χ2n) is 5.02. The number of nitrogens with one attached hydrogen (secondary N) is 1. The zero-order valence-electron chi connectivity index (χ0n) is 12.1. The average Bonchev–Trinajstić information content (AvgIpc) is 2.71. The van der Waals surface area contributed by atoms with Crippen LogP contribution >= 0.6 is 0 Å². The summed E-state index contributed by atoms with van der Waals surface area (Å²) in [5, 5.41) is 7.12. The van der Waals surface area contributed by atoms with Crippen LogP contribution in [0.2, 0.25) is 0 Å². The van der Waals surface area contributed by atoms with Gasteiger partial charge in [0.25, 0.3) is 0 Å². The zero-order chi connectivity index (χ0) is 14.9. The second kappa shape index (κ2) is 5.38. The highest BCUT2D eigenvalue weighted by molar-refractivity contribution is 7.89. The largest absolute Gasteiger partial charge is 0.282 e. The van der Waals surface area contributed by atoms with Crippen molar-refractivity contribution in [1.82, 2.24) is 14.5 Å². The molecule has 2 rings (SSSR count). The molecule has 0 aliphatic carbocycles. The van der Waals surface area contributed by atoms with Crippen LogP contribution in [0.5, 0.6) is 0 Å². The Morgan fingerprint density at radius 1 is 1.15 bits per heavy atom. The number of rotatable bonds is 4. The number of aromatic nitrogens is 2. The van der Waals surface area contributed by atoms with Gasteiger partial charge >= 0.3 is 0 Å². The highest BCUT2D eigenvalue weighted by atomic mass is 32.2. The van der Waals surface area contributed by atoms with E-state index in [4.69, 9.17) is 0 Å². The molecule has 1 aromatic carbocycles. The van der Waals surface area contributed by atoms with Gasteiger partial charge in [-0.2, -0.15) is 5.10 Å². The summed E-state index contributed by atoms with van der Waals surface area (Å²) in [5.74, 6) is 0. The number of aryl methyl sites for hydroxylation is 2. The number of benzene rings is 1. The van der Waals surface area contributed by atoms with E-state index in [1.54, 1.807) is 12.1 Å². The van der Waals surface area contributed by atoms with Gasteiger partial charge in [0.05, 0.1) is 10.6 Å². The topological polar surface area (TPSA) is 66.1 Å². The molecule has 1 aromatic heterocycles. The molecular formula is C14H19N3O2S. The highest BCUT2D eigenvalue weighted by Crippen LogP contribution is 2.18. The fourth-order valence-electron chi connectivity index (χ4n) is 2.03. The van der Waals surface area contributed by atoms with Crippen LogP contribution in [0.4, 0.5) is 0 Å². The molecule has 2 aromatic rings. The Morgan fingerprint density at radius 3 is 2.20 bits per heavy atom. The number of nitrogens with zero attached hydrogens (tertiary/aromatic N) is 2. The summed E-state index contributed by atoms with van der Waals surface area (Å²) in [7, 11) is -0.299. The lowest BCUT2D eigenvalue weighted by molar-refractivity contribution is 0.520. The second-order valence-corrected chi connectivity index (χ2v) is 7.17. The van der Waals surface area contributed by atoms with Crippen LogP contribution < -0.4 is 0 Å². The molecule has 0 atom stereocenters. The molecule has 0 spiro atoms. The Hall–Kier alpha value is -1.66. The van der Waals surface area contributed by atoms with E-state index >= 15 is 0 Å². The van der Waals surface area contributed by atoms with E-state index in [9.17, 15) is 8.42 Å². The van der Waals surface area contributed by atoms with Gasteiger partial charge in [0.15, 0.2) is 0 Å². The van der Waals surface area contributed by atoms with E-state index in [1.807, 2.05) is 26.0 Å². The lowest BCUT2D eigenvalue weighted by Gasteiger charge is -2.11. The van der Waals surface area contributed by atoms with Crippen molar-refractivity contribution in [1.29, 1.82) is 0 Å². The Morgan fingerprint density at radius 2 is 1.75 bits per heavy atom. The number of H-pyrrole nitrogens is 1. The summed E-state index contributed by atoms with van der Waals surface area (Å²) in [6, 6.07) is 7.00. The minimum absolute atomic E-state index is 0.312. The van der Waals surface area contributed by atoms with Crippen molar-refractivity contribution in [3.8, 4) is 0 Å². The maximum absolute atomic E-state index is 12.0. The van der Waals surface area contributed by atoms with Gasteiger partial charge in [0.1, 0.15) is 0 Å². The third-order valence-corrected chi connectivity index (χ3v) is 5.19. The van der Waals surface area contributed by atoms with Crippen molar-refractivity contribution in [2.24, 2.45) is 0 Å². The molecule has 108 valence electrons. The maximum atomic E-state index is 12.0. The number of sulfonamides is 1. The molecule has 0 radical (unpaired) electrons. The molecule has 0 saturated carbocycles. The maximum Gasteiger partial charge on any atom is 0.242 e. The molecule has 20 heavy (non-hydrogen) atoms. The molecule has 0 bridgehead atoms. The lowest BCUT2D eigenvalue weighted by Crippen LogP contribution is -2.22. The van der Waals surface area contributed by atoms with Crippen LogP contribution in [0, 0.1) is 13.8 Å². The van der Waals surface area contributed by atoms with Crippen LogP contribution in [0.15, 0.2) is 29.2 Å². The van der Waals surface area contributed by atoms with E-state index in [0.29, 0.717) is 4.90 Å². The SMILES string of the molecule is Cc1n[nH]c(C)c1Cc1ccc(S(=O)(=O)N(C)C)cc1. The van der Waals surface area contributed by atoms with Crippen LogP contribution in [0.3, 0.4) is 0 Å². The Bertz CT molecular complexity index is 681. The molecule has 6 heteroatoms. The summed E-state index contributed by atoms with van der Waals surface area (Å²) in [5.41, 5.74) is 4.25. The average molecular weight is 293 g/mol. The van der Waals surface area contributed by atoms with E-state index in [0.717, 1.165) is 28.9 Å². The predicted octanol–water partition coefficient (Wildman–Crippen LogP) is 1.87. The van der Waals surface area contributed by atoms with Gasteiger partial charge in [0, 0.05) is 31.8 Å². The van der Waals surface area contributed by atoms with Crippen molar-refractivity contribution in [2.75, 3.05) is 14.1 Å². The molecule has 0 unspecified atom stereocenters. The third kappa shape index (κ3) is 2.76. The predicted molar refractivity (Wildman–Crippen MR) is 78.2 cm³/mol. The smallest absolute Gasteiger partial charge is 0.242 e. The first-order valence-corrected chi connectivity index (χ1v) is 7.78. The minimum Gasteiger partial charge on any atom is -0.282 e. The van der Waals surface area contributed by atoms with Crippen LogP contribution in [-0.4, -0.2) is 37.0 Å². The first-order chi connectivity index (χ1) is 9.32. The van der Waals surface area contributed by atoms with Gasteiger partial charge < -0.3 is 0 Å². The van der Waals surface area contributed by atoms with Crippen LogP contribution in [0.25, 0.3) is 0 Å². The van der Waals surface area contributed by atoms with E-state index in [2.05, 4.69) is 10.2 Å². The summed E-state index contributed by atoms with van der Waals surface area (Å²) in [6.07, 6.45) is 0.746. The van der Waals surface area contributed by atoms with Gasteiger partial charge in [0.2, 0.25) is 10.0 Å². The molecule has 0 amide bonds. The van der Waals surface area contributed by atoms with E-state index in [1.165, 1.54) is 18.4 Å². The quantitative estimate of drug-likeness (QED) is 0.936. The van der Waals surface area contributed by atoms with Crippen molar-refractivity contribution in [3.63, 3.8) is 0 Å². The van der Waals surface area contributed by atoms with Gasteiger partial charge in [-0.15, -0.1) is 0 Å². The summed E-state index contributed by atoms with van der Waals surface area (Å²) >= 11 is 0. The van der Waals surface area contributed by atoms with Gasteiger partial charge in [-0.3, -0.25) is 5.10 Å². The Labute approximate surface area is 119 Å². The summed E-state index contributed by atoms with van der Waals surface area (Å²) in [4.78, 5) is 0.312. The van der Waals surface area contributed by atoms with Crippen molar-refractivity contribution in [3.05, 3.63) is 46.8 Å². The molecule has 0 fully saturated rings. The van der Waals surface area contributed by atoms with E-state index < -0.39 is 10.0 Å². The number of hydrogen-bond donors (Lipinski definition) is 1. The zero-order valence-corrected chi connectivity index (χ0v) is 13.0. The fourth-order valence-corrected chi connectivity index (χ4v) is 2.93. The molecule has 1 heterocycles. The Balaban J connectivity index is 2.26.